The summed E-state index contributed by atoms with van der Waals surface area (Å²) in [5.41, 5.74) is -0.0508. The fraction of sp³-hybridized carbons (Fsp3) is 0.562. The zero-order valence-electron chi connectivity index (χ0n) is 11.9. The normalized spacial score (nSPS) is 28.9. The molecule has 0 aromatic heterocycles. The SMILES string of the molecule is CN1C2CCC1CC(C(=O)Cc1cc(F)c(F)cc1F)C2. The van der Waals surface area contributed by atoms with Gasteiger partial charge in [0.25, 0.3) is 0 Å². The van der Waals surface area contributed by atoms with Crippen molar-refractivity contribution in [3.05, 3.63) is 35.1 Å². The molecule has 0 amide bonds. The number of carbonyl (C=O) groups excluding carboxylic acids is 1. The van der Waals surface area contributed by atoms with Crippen LogP contribution < -0.4 is 0 Å². The molecule has 2 heterocycles. The van der Waals surface area contributed by atoms with Gasteiger partial charge in [-0.1, -0.05) is 0 Å². The molecule has 0 aliphatic carbocycles. The van der Waals surface area contributed by atoms with Gasteiger partial charge in [0, 0.05) is 30.5 Å². The van der Waals surface area contributed by atoms with E-state index in [-0.39, 0.29) is 23.7 Å². The summed E-state index contributed by atoms with van der Waals surface area (Å²) < 4.78 is 39.7. The zero-order valence-corrected chi connectivity index (χ0v) is 11.9. The Morgan fingerprint density at radius 3 is 2.29 bits per heavy atom. The summed E-state index contributed by atoms with van der Waals surface area (Å²) in [5, 5.41) is 0. The highest BCUT2D eigenvalue weighted by atomic mass is 19.2. The van der Waals surface area contributed by atoms with Crippen molar-refractivity contribution in [2.45, 2.75) is 44.2 Å². The lowest BCUT2D eigenvalue weighted by atomic mass is 9.85. The average Bonchev–Trinajstić information content (AvgIpc) is 2.65. The molecule has 1 aromatic rings. The van der Waals surface area contributed by atoms with Crippen LogP contribution in [0.4, 0.5) is 13.2 Å². The number of nitrogens with zero attached hydrogens (tertiary/aromatic N) is 1. The van der Waals surface area contributed by atoms with Gasteiger partial charge < -0.3 is 4.90 Å². The number of piperidine rings is 1. The molecule has 2 unspecified atom stereocenters. The van der Waals surface area contributed by atoms with E-state index in [1.54, 1.807) is 0 Å². The monoisotopic (exact) mass is 297 g/mol. The minimum atomic E-state index is -1.22. The van der Waals surface area contributed by atoms with Gasteiger partial charge in [-0.15, -0.1) is 0 Å². The van der Waals surface area contributed by atoms with E-state index in [0.717, 1.165) is 31.7 Å². The fourth-order valence-electron chi connectivity index (χ4n) is 3.71. The number of rotatable bonds is 3. The molecule has 0 spiro atoms. The van der Waals surface area contributed by atoms with Gasteiger partial charge in [0.05, 0.1) is 0 Å². The second-order valence-electron chi connectivity index (χ2n) is 6.22. The Kier molecular flexibility index (Phi) is 3.78. The predicted molar refractivity (Wildman–Crippen MR) is 72.3 cm³/mol. The fourth-order valence-corrected chi connectivity index (χ4v) is 3.71. The standard InChI is InChI=1S/C16H18F3NO/c1-20-11-2-3-12(20)5-10(4-11)16(21)7-9-6-14(18)15(19)8-13(9)17/h6,8,10-12H,2-5,7H2,1H3. The van der Waals surface area contributed by atoms with E-state index in [4.69, 9.17) is 0 Å². The molecule has 2 aliphatic rings. The predicted octanol–water partition coefficient (Wildman–Crippen LogP) is 3.09. The third kappa shape index (κ3) is 2.71. The Bertz CT molecular complexity index is 561. The molecule has 2 bridgehead atoms. The van der Waals surface area contributed by atoms with Gasteiger partial charge in [-0.25, -0.2) is 13.2 Å². The molecular formula is C16H18F3NO. The summed E-state index contributed by atoms with van der Waals surface area (Å²) in [6.07, 6.45) is 3.63. The molecule has 5 heteroatoms. The smallest absolute Gasteiger partial charge is 0.161 e. The quantitative estimate of drug-likeness (QED) is 0.799. The summed E-state index contributed by atoms with van der Waals surface area (Å²) in [4.78, 5) is 14.7. The molecule has 3 rings (SSSR count). The van der Waals surface area contributed by atoms with E-state index >= 15 is 0 Å². The van der Waals surface area contributed by atoms with Crippen LogP contribution in [0.1, 0.15) is 31.2 Å². The molecule has 2 nitrogen and oxygen atoms in total. The van der Waals surface area contributed by atoms with Crippen LogP contribution in [-0.2, 0) is 11.2 Å². The summed E-state index contributed by atoms with van der Waals surface area (Å²) in [6.45, 7) is 0. The highest BCUT2D eigenvalue weighted by molar-refractivity contribution is 5.83. The van der Waals surface area contributed by atoms with E-state index in [2.05, 4.69) is 11.9 Å². The second-order valence-corrected chi connectivity index (χ2v) is 6.22. The number of Topliss-reactive ketones (excluding diaryl/α,β-unsaturated/α-hetero) is 1. The lowest BCUT2D eigenvalue weighted by Crippen LogP contribution is -2.42. The number of hydrogen-bond acceptors (Lipinski definition) is 2. The lowest BCUT2D eigenvalue weighted by Gasteiger charge is -2.35. The minimum Gasteiger partial charge on any atom is -0.300 e. The molecular weight excluding hydrogens is 279 g/mol. The highest BCUT2D eigenvalue weighted by Crippen LogP contribution is 2.38. The van der Waals surface area contributed by atoms with Crippen LogP contribution >= 0.6 is 0 Å². The molecule has 114 valence electrons. The van der Waals surface area contributed by atoms with Gasteiger partial charge in [-0.3, -0.25) is 4.79 Å². The molecule has 2 aliphatic heterocycles. The van der Waals surface area contributed by atoms with E-state index in [0.29, 0.717) is 18.2 Å². The van der Waals surface area contributed by atoms with Crippen LogP contribution in [0, 0.1) is 23.4 Å². The molecule has 2 fully saturated rings. The van der Waals surface area contributed by atoms with Crippen LogP contribution in [0.25, 0.3) is 0 Å². The Hall–Kier alpha value is -1.36. The van der Waals surface area contributed by atoms with Crippen LogP contribution in [0.2, 0.25) is 0 Å². The van der Waals surface area contributed by atoms with Crippen molar-refractivity contribution in [1.82, 2.24) is 4.90 Å². The Morgan fingerprint density at radius 2 is 1.67 bits per heavy atom. The van der Waals surface area contributed by atoms with Gasteiger partial charge in [-0.05, 0) is 44.4 Å². The third-order valence-electron chi connectivity index (χ3n) is 5.01. The summed E-state index contributed by atoms with van der Waals surface area (Å²) in [5.74, 6) is -3.34. The van der Waals surface area contributed by atoms with E-state index in [1.807, 2.05) is 0 Å². The van der Waals surface area contributed by atoms with Crippen LogP contribution in [-0.4, -0.2) is 29.8 Å². The van der Waals surface area contributed by atoms with Crippen molar-refractivity contribution in [3.8, 4) is 0 Å². The molecule has 0 saturated carbocycles. The van der Waals surface area contributed by atoms with Crippen molar-refractivity contribution >= 4 is 5.78 Å². The first-order valence-electron chi connectivity index (χ1n) is 7.33. The first kappa shape index (κ1) is 14.6. The van der Waals surface area contributed by atoms with Crippen molar-refractivity contribution < 1.29 is 18.0 Å². The Labute approximate surface area is 121 Å². The Morgan fingerprint density at radius 1 is 1.10 bits per heavy atom. The summed E-state index contributed by atoms with van der Waals surface area (Å²) in [6, 6.07) is 2.16. The van der Waals surface area contributed by atoms with Gasteiger partial charge in [0.2, 0.25) is 0 Å². The van der Waals surface area contributed by atoms with Gasteiger partial charge in [-0.2, -0.15) is 0 Å². The first-order valence-corrected chi connectivity index (χ1v) is 7.33. The summed E-state index contributed by atoms with van der Waals surface area (Å²) >= 11 is 0. The summed E-state index contributed by atoms with van der Waals surface area (Å²) in [7, 11) is 2.08. The average molecular weight is 297 g/mol. The number of halogens is 3. The molecule has 21 heavy (non-hydrogen) atoms. The van der Waals surface area contributed by atoms with Crippen molar-refractivity contribution in [2.24, 2.45) is 5.92 Å². The van der Waals surface area contributed by atoms with Crippen molar-refractivity contribution in [1.29, 1.82) is 0 Å². The van der Waals surface area contributed by atoms with E-state index < -0.39 is 17.5 Å². The maximum Gasteiger partial charge on any atom is 0.161 e. The number of hydrogen-bond donors (Lipinski definition) is 0. The van der Waals surface area contributed by atoms with Crippen LogP contribution in [0.15, 0.2) is 12.1 Å². The number of carbonyl (C=O) groups is 1. The van der Waals surface area contributed by atoms with Gasteiger partial charge >= 0.3 is 0 Å². The number of benzene rings is 1. The number of fused-ring (bicyclic) bond motifs is 2. The van der Waals surface area contributed by atoms with Gasteiger partial charge in [0.15, 0.2) is 11.6 Å². The maximum absolute atomic E-state index is 13.6. The highest BCUT2D eigenvalue weighted by Gasteiger charge is 2.40. The molecule has 0 N–H and O–H groups in total. The number of ketones is 1. The third-order valence-corrected chi connectivity index (χ3v) is 5.01. The van der Waals surface area contributed by atoms with Crippen molar-refractivity contribution in [2.75, 3.05) is 7.05 Å². The maximum atomic E-state index is 13.6. The van der Waals surface area contributed by atoms with E-state index in [1.165, 1.54) is 0 Å². The molecule has 2 atom stereocenters. The molecule has 1 aromatic carbocycles. The lowest BCUT2D eigenvalue weighted by molar-refractivity contribution is -0.124. The minimum absolute atomic E-state index is 0.0508. The van der Waals surface area contributed by atoms with Crippen molar-refractivity contribution in [3.63, 3.8) is 0 Å². The molecule has 2 saturated heterocycles. The molecule has 0 radical (unpaired) electrons. The van der Waals surface area contributed by atoms with Gasteiger partial charge in [0.1, 0.15) is 11.6 Å². The zero-order chi connectivity index (χ0) is 15.1. The Balaban J connectivity index is 1.71. The van der Waals surface area contributed by atoms with Crippen LogP contribution in [0.3, 0.4) is 0 Å². The first-order chi connectivity index (χ1) is 9.95. The second kappa shape index (κ2) is 5.44. The van der Waals surface area contributed by atoms with E-state index in [9.17, 15) is 18.0 Å². The topological polar surface area (TPSA) is 20.3 Å². The van der Waals surface area contributed by atoms with Crippen LogP contribution in [0.5, 0.6) is 0 Å². The largest absolute Gasteiger partial charge is 0.300 e.